The number of hydrogen-bond acceptors (Lipinski definition) is 2. The van der Waals surface area contributed by atoms with Crippen LogP contribution in [0.4, 0.5) is 19.1 Å². The number of aromatic amines is 1. The lowest BCUT2D eigenvalue weighted by molar-refractivity contribution is -0.137. The number of nitrogens with two attached hydrogens (primary N) is 1. The number of imidazole rings is 1. The van der Waals surface area contributed by atoms with Crippen molar-refractivity contribution in [1.29, 1.82) is 0 Å². The van der Waals surface area contributed by atoms with Gasteiger partial charge in [0.1, 0.15) is 0 Å². The first-order valence-electron chi connectivity index (χ1n) is 5.82. The number of alkyl halides is 3. The highest BCUT2D eigenvalue weighted by atomic mass is 19.4. The van der Waals surface area contributed by atoms with Gasteiger partial charge in [-0.05, 0) is 12.0 Å². The third kappa shape index (κ3) is 2.57. The predicted octanol–water partition coefficient (Wildman–Crippen LogP) is 3.80. The Morgan fingerprint density at radius 3 is 2.42 bits per heavy atom. The highest BCUT2D eigenvalue weighted by molar-refractivity contribution is 5.68. The van der Waals surface area contributed by atoms with Crippen LogP contribution in [0.2, 0.25) is 0 Å². The normalized spacial score (nSPS) is 12.1. The molecule has 102 valence electrons. The van der Waals surface area contributed by atoms with Crippen molar-refractivity contribution in [3.8, 4) is 11.3 Å². The number of H-pyrrole nitrogens is 1. The Bertz CT molecular complexity index is 585. The number of anilines is 1. The number of nitrogens with zero attached hydrogens (tertiary/aromatic N) is 1. The summed E-state index contributed by atoms with van der Waals surface area (Å²) >= 11 is 0. The third-order valence-electron chi connectivity index (χ3n) is 2.82. The Balaban J connectivity index is 2.66. The molecule has 0 bridgehead atoms. The summed E-state index contributed by atoms with van der Waals surface area (Å²) in [7, 11) is 0. The molecular weight excluding hydrogens is 255 g/mol. The standard InChI is InChI=1S/C13H14F3N3/c1-7(2)10-11(19-12(17)18-10)8-5-3-4-6-9(8)13(14,15)16/h3-7H,1-2H3,(H3,17,18,19). The van der Waals surface area contributed by atoms with E-state index in [-0.39, 0.29) is 23.1 Å². The minimum atomic E-state index is -4.42. The number of aromatic nitrogens is 2. The summed E-state index contributed by atoms with van der Waals surface area (Å²) in [6.07, 6.45) is -4.42. The summed E-state index contributed by atoms with van der Waals surface area (Å²) in [5.74, 6) is 0.122. The minimum absolute atomic E-state index is 0.00101. The first-order chi connectivity index (χ1) is 8.80. The maximum Gasteiger partial charge on any atom is 0.417 e. The van der Waals surface area contributed by atoms with E-state index in [0.29, 0.717) is 5.69 Å². The molecule has 1 heterocycles. The van der Waals surface area contributed by atoms with Gasteiger partial charge in [0.2, 0.25) is 0 Å². The summed E-state index contributed by atoms with van der Waals surface area (Å²) in [4.78, 5) is 6.82. The molecule has 6 heteroatoms. The summed E-state index contributed by atoms with van der Waals surface area (Å²) < 4.78 is 39.0. The quantitative estimate of drug-likeness (QED) is 0.871. The van der Waals surface area contributed by atoms with Gasteiger partial charge in [-0.3, -0.25) is 0 Å². The van der Waals surface area contributed by atoms with Gasteiger partial charge < -0.3 is 10.7 Å². The zero-order chi connectivity index (χ0) is 14.2. The zero-order valence-electron chi connectivity index (χ0n) is 10.5. The molecule has 1 aromatic carbocycles. The maximum absolute atomic E-state index is 13.0. The number of rotatable bonds is 2. The van der Waals surface area contributed by atoms with Gasteiger partial charge in [0.15, 0.2) is 5.95 Å². The fraction of sp³-hybridized carbons (Fsp3) is 0.308. The second-order valence-electron chi connectivity index (χ2n) is 4.58. The van der Waals surface area contributed by atoms with Crippen LogP contribution >= 0.6 is 0 Å². The average molecular weight is 269 g/mol. The molecule has 0 atom stereocenters. The average Bonchev–Trinajstić information content (AvgIpc) is 2.70. The van der Waals surface area contributed by atoms with Crippen LogP contribution in [-0.4, -0.2) is 9.97 Å². The van der Waals surface area contributed by atoms with Gasteiger partial charge in [0.05, 0.1) is 11.3 Å². The lowest BCUT2D eigenvalue weighted by Gasteiger charge is -2.13. The van der Waals surface area contributed by atoms with Gasteiger partial charge in [-0.2, -0.15) is 13.2 Å². The van der Waals surface area contributed by atoms with Gasteiger partial charge >= 0.3 is 6.18 Å². The topological polar surface area (TPSA) is 54.7 Å². The molecular formula is C13H14F3N3. The van der Waals surface area contributed by atoms with Gasteiger partial charge in [-0.15, -0.1) is 0 Å². The van der Waals surface area contributed by atoms with Crippen molar-refractivity contribution in [2.45, 2.75) is 25.9 Å². The van der Waals surface area contributed by atoms with E-state index in [1.54, 1.807) is 6.07 Å². The monoisotopic (exact) mass is 269 g/mol. The highest BCUT2D eigenvalue weighted by Crippen LogP contribution is 2.38. The molecule has 3 nitrogen and oxygen atoms in total. The largest absolute Gasteiger partial charge is 0.417 e. The van der Waals surface area contributed by atoms with Gasteiger partial charge in [0.25, 0.3) is 0 Å². The van der Waals surface area contributed by atoms with E-state index in [9.17, 15) is 13.2 Å². The number of nitrogens with one attached hydrogen (secondary N) is 1. The molecule has 1 aromatic heterocycles. The number of benzene rings is 1. The van der Waals surface area contributed by atoms with Gasteiger partial charge in [-0.1, -0.05) is 32.0 Å². The summed E-state index contributed by atoms with van der Waals surface area (Å²) in [6, 6.07) is 5.37. The van der Waals surface area contributed by atoms with Crippen LogP contribution < -0.4 is 5.73 Å². The molecule has 0 aliphatic heterocycles. The predicted molar refractivity (Wildman–Crippen MR) is 67.5 cm³/mol. The Kier molecular flexibility index (Phi) is 3.26. The van der Waals surface area contributed by atoms with Crippen LogP contribution in [0.1, 0.15) is 31.0 Å². The molecule has 0 spiro atoms. The lowest BCUT2D eigenvalue weighted by Crippen LogP contribution is -2.07. The SMILES string of the molecule is CC(C)c1[nH]c(N)nc1-c1ccccc1C(F)(F)F. The van der Waals surface area contributed by atoms with Crippen LogP contribution in [-0.2, 0) is 6.18 Å². The van der Waals surface area contributed by atoms with E-state index in [1.807, 2.05) is 13.8 Å². The molecule has 0 aliphatic rings. The molecule has 0 saturated carbocycles. The summed E-state index contributed by atoms with van der Waals surface area (Å²) in [6.45, 7) is 3.74. The highest BCUT2D eigenvalue weighted by Gasteiger charge is 2.34. The van der Waals surface area contributed by atoms with Crippen molar-refractivity contribution in [1.82, 2.24) is 9.97 Å². The van der Waals surface area contributed by atoms with Crippen LogP contribution in [0.15, 0.2) is 24.3 Å². The molecule has 2 aromatic rings. The van der Waals surface area contributed by atoms with E-state index < -0.39 is 11.7 Å². The van der Waals surface area contributed by atoms with Crippen LogP contribution in [0.25, 0.3) is 11.3 Å². The molecule has 19 heavy (non-hydrogen) atoms. The van der Waals surface area contributed by atoms with Crippen LogP contribution in [0.3, 0.4) is 0 Å². The van der Waals surface area contributed by atoms with Crippen molar-refractivity contribution in [2.75, 3.05) is 5.73 Å². The van der Waals surface area contributed by atoms with Crippen molar-refractivity contribution >= 4 is 5.95 Å². The first kappa shape index (κ1) is 13.5. The Morgan fingerprint density at radius 2 is 1.84 bits per heavy atom. The maximum atomic E-state index is 13.0. The second-order valence-corrected chi connectivity index (χ2v) is 4.58. The van der Waals surface area contributed by atoms with E-state index in [2.05, 4.69) is 9.97 Å². The van der Waals surface area contributed by atoms with E-state index in [4.69, 9.17) is 5.73 Å². The van der Waals surface area contributed by atoms with Gasteiger partial charge in [0, 0.05) is 11.3 Å². The Morgan fingerprint density at radius 1 is 1.21 bits per heavy atom. The number of nitrogen functional groups attached to an aromatic ring is 1. The zero-order valence-corrected chi connectivity index (χ0v) is 10.5. The second kappa shape index (κ2) is 4.60. The van der Waals surface area contributed by atoms with Gasteiger partial charge in [-0.25, -0.2) is 4.98 Å². The lowest BCUT2D eigenvalue weighted by atomic mass is 9.99. The third-order valence-corrected chi connectivity index (χ3v) is 2.82. The van der Waals surface area contributed by atoms with Crippen molar-refractivity contribution < 1.29 is 13.2 Å². The molecule has 0 saturated heterocycles. The fourth-order valence-corrected chi connectivity index (χ4v) is 1.97. The molecule has 0 radical (unpaired) electrons. The van der Waals surface area contributed by atoms with Crippen LogP contribution in [0.5, 0.6) is 0 Å². The molecule has 0 aliphatic carbocycles. The molecule has 0 fully saturated rings. The number of halogens is 3. The Hall–Kier alpha value is -1.98. The number of hydrogen-bond donors (Lipinski definition) is 2. The smallest absolute Gasteiger partial charge is 0.369 e. The van der Waals surface area contributed by atoms with E-state index >= 15 is 0 Å². The first-order valence-corrected chi connectivity index (χ1v) is 5.82. The van der Waals surface area contributed by atoms with Crippen LogP contribution in [0, 0.1) is 0 Å². The van der Waals surface area contributed by atoms with Crippen molar-refractivity contribution in [3.05, 3.63) is 35.5 Å². The van der Waals surface area contributed by atoms with Crippen molar-refractivity contribution in [3.63, 3.8) is 0 Å². The summed E-state index contributed by atoms with van der Waals surface area (Å²) in [5.41, 5.74) is 5.78. The Labute approximate surface area is 108 Å². The van der Waals surface area contributed by atoms with E-state index in [0.717, 1.165) is 6.07 Å². The van der Waals surface area contributed by atoms with E-state index in [1.165, 1.54) is 12.1 Å². The molecule has 0 amide bonds. The molecule has 2 rings (SSSR count). The summed E-state index contributed by atoms with van der Waals surface area (Å²) in [5, 5.41) is 0. The minimum Gasteiger partial charge on any atom is -0.369 e. The molecule has 0 unspecified atom stereocenters. The van der Waals surface area contributed by atoms with Crippen molar-refractivity contribution in [2.24, 2.45) is 0 Å². The molecule has 3 N–H and O–H groups in total. The fourth-order valence-electron chi connectivity index (χ4n) is 1.97.